The third-order valence-corrected chi connectivity index (χ3v) is 6.54. The molecule has 1 aliphatic rings. The number of carbonyl (C=O) groups excluding carboxylic acids is 2. The first kappa shape index (κ1) is 27.1. The monoisotopic (exact) mass is 520 g/mol. The fraction of sp³-hybridized carbons (Fsp3) is 0.156. The van der Waals surface area contributed by atoms with Crippen LogP contribution in [-0.2, 0) is 16.0 Å². The van der Waals surface area contributed by atoms with Crippen molar-refractivity contribution in [2.24, 2.45) is 11.7 Å². The predicted octanol–water partition coefficient (Wildman–Crippen LogP) is 4.53. The molecule has 0 saturated carbocycles. The van der Waals surface area contributed by atoms with Crippen LogP contribution in [0.4, 0.5) is 0 Å². The van der Waals surface area contributed by atoms with Crippen LogP contribution in [0.1, 0.15) is 38.7 Å². The Hall–Kier alpha value is -4.91. The van der Waals surface area contributed by atoms with Gasteiger partial charge in [-0.1, -0.05) is 85.0 Å². The highest BCUT2D eigenvalue weighted by atomic mass is 16.5. The molecule has 198 valence electrons. The van der Waals surface area contributed by atoms with E-state index in [1.165, 1.54) is 7.11 Å². The maximum absolute atomic E-state index is 13.4. The molecule has 0 radical (unpaired) electrons. The molecule has 7 nitrogen and oxygen atoms in total. The molecule has 1 aliphatic heterocycles. The quantitative estimate of drug-likeness (QED) is 0.178. The summed E-state index contributed by atoms with van der Waals surface area (Å²) in [5.74, 6) is -1.53. The Balaban J connectivity index is 1.61. The first-order valence-corrected chi connectivity index (χ1v) is 12.7. The summed E-state index contributed by atoms with van der Waals surface area (Å²) < 4.78 is 5.16. The molecule has 1 amide bonds. The number of nitrogen functional groups attached to an aromatic ring is 1. The number of hydrogen-bond acceptors (Lipinski definition) is 5. The smallest absolute Gasteiger partial charge is 0.311 e. The molecule has 3 unspecified atom stereocenters. The first-order chi connectivity index (χ1) is 18.9. The van der Waals surface area contributed by atoms with Gasteiger partial charge >= 0.3 is 5.97 Å². The van der Waals surface area contributed by atoms with Crippen molar-refractivity contribution in [1.29, 1.82) is 5.41 Å². The Morgan fingerprint density at radius 2 is 1.79 bits per heavy atom. The molecule has 0 spiro atoms. The molecular formula is C32H32N4O3. The van der Waals surface area contributed by atoms with Crippen LogP contribution in [0.2, 0.25) is 0 Å². The summed E-state index contributed by atoms with van der Waals surface area (Å²) in [6.45, 7) is 0. The molecule has 1 heterocycles. The molecule has 0 fully saturated rings. The summed E-state index contributed by atoms with van der Waals surface area (Å²) in [4.78, 5) is 26.4. The maximum atomic E-state index is 13.4. The first-order valence-electron chi connectivity index (χ1n) is 12.7. The van der Waals surface area contributed by atoms with Crippen molar-refractivity contribution in [3.05, 3.63) is 137 Å². The number of carbonyl (C=O) groups is 2. The summed E-state index contributed by atoms with van der Waals surface area (Å²) in [6, 6.07) is 23.6. The molecule has 7 heteroatoms. The number of ether oxygens (including phenoxy) is 1. The Morgan fingerprint density at radius 3 is 2.46 bits per heavy atom. The van der Waals surface area contributed by atoms with Gasteiger partial charge in [-0.15, -0.1) is 0 Å². The van der Waals surface area contributed by atoms with Gasteiger partial charge in [0.2, 0.25) is 0 Å². The zero-order valence-electron chi connectivity index (χ0n) is 21.7. The average molecular weight is 521 g/mol. The predicted molar refractivity (Wildman–Crippen MR) is 154 cm³/mol. The van der Waals surface area contributed by atoms with Crippen LogP contribution >= 0.6 is 0 Å². The highest BCUT2D eigenvalue weighted by molar-refractivity contribution is 5.95. The number of nitrogens with one attached hydrogen (secondary N) is 3. The third-order valence-electron chi connectivity index (χ3n) is 6.54. The number of benzene rings is 3. The van der Waals surface area contributed by atoms with Crippen LogP contribution in [0.25, 0.3) is 6.08 Å². The van der Waals surface area contributed by atoms with Gasteiger partial charge in [-0.05, 0) is 53.6 Å². The van der Waals surface area contributed by atoms with E-state index in [1.807, 2.05) is 85.1 Å². The number of hydrogen-bond donors (Lipinski definition) is 4. The molecule has 0 aromatic heterocycles. The van der Waals surface area contributed by atoms with Crippen LogP contribution < -0.4 is 16.4 Å². The number of esters is 1. The van der Waals surface area contributed by atoms with Gasteiger partial charge < -0.3 is 21.1 Å². The number of amidine groups is 1. The van der Waals surface area contributed by atoms with E-state index in [1.54, 1.807) is 30.3 Å². The van der Waals surface area contributed by atoms with Gasteiger partial charge in [-0.25, -0.2) is 0 Å². The number of methoxy groups -OCH3 is 1. The van der Waals surface area contributed by atoms with Crippen molar-refractivity contribution < 1.29 is 14.3 Å². The van der Waals surface area contributed by atoms with Crippen molar-refractivity contribution in [3.63, 3.8) is 0 Å². The van der Waals surface area contributed by atoms with Gasteiger partial charge in [0.25, 0.3) is 5.91 Å². The van der Waals surface area contributed by atoms with E-state index in [2.05, 4.69) is 10.6 Å². The van der Waals surface area contributed by atoms with E-state index < -0.39 is 17.9 Å². The van der Waals surface area contributed by atoms with Gasteiger partial charge in [0.15, 0.2) is 0 Å². The van der Waals surface area contributed by atoms with Gasteiger partial charge in [-0.2, -0.15) is 0 Å². The lowest BCUT2D eigenvalue weighted by atomic mass is 9.90. The van der Waals surface area contributed by atoms with Crippen molar-refractivity contribution >= 4 is 23.8 Å². The summed E-state index contributed by atoms with van der Waals surface area (Å²) in [5, 5.41) is 14.1. The minimum atomic E-state index is -0.719. The van der Waals surface area contributed by atoms with E-state index in [-0.39, 0.29) is 24.2 Å². The second-order valence-electron chi connectivity index (χ2n) is 9.23. The van der Waals surface area contributed by atoms with Crippen LogP contribution in [0.3, 0.4) is 0 Å². The molecule has 0 saturated heterocycles. The summed E-state index contributed by atoms with van der Waals surface area (Å²) in [6.07, 6.45) is 11.8. The highest BCUT2D eigenvalue weighted by Crippen LogP contribution is 2.20. The third kappa shape index (κ3) is 7.32. The Morgan fingerprint density at radius 1 is 1.03 bits per heavy atom. The van der Waals surface area contributed by atoms with Gasteiger partial charge in [0.1, 0.15) is 5.84 Å². The SMILES string of the molecule is COC(=O)C(Cc1cccc(C(=N)N)c1)C(/C=C/c1ccccc1)NC(=O)c1ccc(C2C=CC=CN2)cc1. The molecule has 3 aromatic carbocycles. The van der Waals surface area contributed by atoms with Crippen LogP contribution in [0.15, 0.2) is 109 Å². The highest BCUT2D eigenvalue weighted by Gasteiger charge is 2.30. The van der Waals surface area contributed by atoms with Gasteiger partial charge in [-0.3, -0.25) is 15.0 Å². The molecule has 4 rings (SSSR count). The average Bonchev–Trinajstić information content (AvgIpc) is 2.99. The molecule has 5 N–H and O–H groups in total. The molecule has 39 heavy (non-hydrogen) atoms. The second-order valence-corrected chi connectivity index (χ2v) is 9.23. The minimum Gasteiger partial charge on any atom is -0.469 e. The normalized spacial score (nSPS) is 15.8. The lowest BCUT2D eigenvalue weighted by molar-refractivity contribution is -0.145. The number of dihydropyridines is 1. The number of nitrogens with two attached hydrogens (primary N) is 1. The fourth-order valence-corrected chi connectivity index (χ4v) is 4.42. The lowest BCUT2D eigenvalue weighted by Gasteiger charge is -2.24. The standard InChI is InChI=1S/C32H32N4O3/c1-39-32(38)27(21-23-10-7-11-26(20-23)30(33)34)29(18-13-22-8-3-2-4-9-22)36-31(37)25-16-14-24(15-17-25)28-12-5-6-19-35-28/h2-20,27-29,35H,21H2,1H3,(H3,33,34)(H,36,37)/b18-13+. The van der Waals surface area contributed by atoms with Gasteiger partial charge in [0, 0.05) is 11.1 Å². The number of amides is 1. The number of allylic oxidation sites excluding steroid dienone is 2. The minimum absolute atomic E-state index is 0.0446. The zero-order valence-corrected chi connectivity index (χ0v) is 21.7. The van der Waals surface area contributed by atoms with Crippen molar-refractivity contribution in [3.8, 4) is 0 Å². The topological polar surface area (TPSA) is 117 Å². The molecule has 3 atom stereocenters. The Kier molecular flexibility index (Phi) is 9.08. The largest absolute Gasteiger partial charge is 0.469 e. The lowest BCUT2D eigenvalue weighted by Crippen LogP contribution is -2.43. The van der Waals surface area contributed by atoms with E-state index >= 15 is 0 Å². The van der Waals surface area contributed by atoms with Crippen LogP contribution in [0.5, 0.6) is 0 Å². The molecular weight excluding hydrogens is 488 g/mol. The van der Waals surface area contributed by atoms with Crippen molar-refractivity contribution in [2.75, 3.05) is 7.11 Å². The van der Waals surface area contributed by atoms with Crippen molar-refractivity contribution in [2.45, 2.75) is 18.5 Å². The summed E-state index contributed by atoms with van der Waals surface area (Å²) >= 11 is 0. The molecule has 0 bridgehead atoms. The summed E-state index contributed by atoms with van der Waals surface area (Å²) in [7, 11) is 1.34. The second kappa shape index (κ2) is 13.1. The van der Waals surface area contributed by atoms with Crippen LogP contribution in [0, 0.1) is 11.3 Å². The van der Waals surface area contributed by atoms with E-state index in [0.717, 1.165) is 16.7 Å². The van der Waals surface area contributed by atoms with E-state index in [4.69, 9.17) is 15.9 Å². The van der Waals surface area contributed by atoms with Crippen LogP contribution in [-0.4, -0.2) is 30.9 Å². The Labute approximate surface area is 228 Å². The number of rotatable bonds is 10. The Bertz CT molecular complexity index is 1390. The van der Waals surface area contributed by atoms with Crippen molar-refractivity contribution in [1.82, 2.24) is 10.6 Å². The van der Waals surface area contributed by atoms with E-state index in [0.29, 0.717) is 11.1 Å². The maximum Gasteiger partial charge on any atom is 0.311 e. The van der Waals surface area contributed by atoms with Gasteiger partial charge in [0.05, 0.1) is 25.1 Å². The molecule has 0 aliphatic carbocycles. The van der Waals surface area contributed by atoms with E-state index in [9.17, 15) is 9.59 Å². The zero-order chi connectivity index (χ0) is 27.6. The fourth-order valence-electron chi connectivity index (χ4n) is 4.42. The molecule has 3 aromatic rings. The summed E-state index contributed by atoms with van der Waals surface area (Å²) in [5.41, 5.74) is 9.49.